The highest BCUT2D eigenvalue weighted by atomic mass is 16.5. The van der Waals surface area contributed by atoms with Crippen molar-refractivity contribution in [2.75, 3.05) is 13.2 Å². The molecule has 0 radical (unpaired) electrons. The molecule has 1 N–H and O–H groups in total. The molecule has 4 nitrogen and oxygen atoms in total. The van der Waals surface area contributed by atoms with Gasteiger partial charge in [0.05, 0.1) is 19.6 Å². The summed E-state index contributed by atoms with van der Waals surface area (Å²) in [4.78, 5) is 15.1. The zero-order chi connectivity index (χ0) is 14.1. The van der Waals surface area contributed by atoms with Crippen LogP contribution in [0.4, 0.5) is 0 Å². The number of aryl methyl sites for hydroxylation is 1. The van der Waals surface area contributed by atoms with Gasteiger partial charge in [0.2, 0.25) is 0 Å². The van der Waals surface area contributed by atoms with Crippen LogP contribution in [0.1, 0.15) is 36.3 Å². The zero-order valence-corrected chi connectivity index (χ0v) is 11.9. The number of carbonyl (C=O) groups excluding carboxylic acids is 1. The molecule has 0 saturated heterocycles. The van der Waals surface area contributed by atoms with Crippen molar-refractivity contribution < 1.29 is 14.3 Å². The van der Waals surface area contributed by atoms with Gasteiger partial charge in [-0.2, -0.15) is 0 Å². The standard InChI is InChI=1S/C16H19NO3/c1-3-19-14(18)9-13-16-12(7-8-20-13)11-6-4-5-10(2)15(11)17-16/h4-6,13,17H,3,7-9H2,1-2H3. The van der Waals surface area contributed by atoms with E-state index in [0.29, 0.717) is 13.2 Å². The van der Waals surface area contributed by atoms with E-state index >= 15 is 0 Å². The summed E-state index contributed by atoms with van der Waals surface area (Å²) < 4.78 is 10.8. The quantitative estimate of drug-likeness (QED) is 0.874. The fraction of sp³-hybridized carbons (Fsp3) is 0.438. The lowest BCUT2D eigenvalue weighted by atomic mass is 10.00. The third-order valence-electron chi connectivity index (χ3n) is 3.83. The second-order valence-corrected chi connectivity index (χ2v) is 5.13. The van der Waals surface area contributed by atoms with Gasteiger partial charge in [0.15, 0.2) is 0 Å². The summed E-state index contributed by atoms with van der Waals surface area (Å²) in [5.41, 5.74) is 4.68. The summed E-state index contributed by atoms with van der Waals surface area (Å²) in [6.45, 7) is 4.96. The van der Waals surface area contributed by atoms with E-state index in [0.717, 1.165) is 17.6 Å². The van der Waals surface area contributed by atoms with Crippen LogP contribution in [0.15, 0.2) is 18.2 Å². The summed E-state index contributed by atoms with van der Waals surface area (Å²) in [6.07, 6.45) is 0.940. The van der Waals surface area contributed by atoms with Crippen LogP contribution in [0.3, 0.4) is 0 Å². The first kappa shape index (κ1) is 13.2. The first-order chi connectivity index (χ1) is 9.70. The molecule has 1 aliphatic heterocycles. The number of benzene rings is 1. The second kappa shape index (κ2) is 5.29. The Morgan fingerprint density at radius 3 is 3.15 bits per heavy atom. The van der Waals surface area contributed by atoms with Gasteiger partial charge in [0.25, 0.3) is 0 Å². The largest absolute Gasteiger partial charge is 0.466 e. The molecule has 3 rings (SSSR count). The molecule has 0 fully saturated rings. The fourth-order valence-electron chi connectivity index (χ4n) is 2.90. The van der Waals surface area contributed by atoms with Crippen molar-refractivity contribution in [1.29, 1.82) is 0 Å². The Bertz CT molecular complexity index is 644. The van der Waals surface area contributed by atoms with Crippen molar-refractivity contribution in [2.24, 2.45) is 0 Å². The maximum Gasteiger partial charge on any atom is 0.308 e. The molecule has 1 atom stereocenters. The van der Waals surface area contributed by atoms with E-state index in [9.17, 15) is 4.79 Å². The Balaban J connectivity index is 1.98. The van der Waals surface area contributed by atoms with Gasteiger partial charge in [-0.05, 0) is 31.4 Å². The minimum atomic E-state index is -0.218. The monoisotopic (exact) mass is 273 g/mol. The average molecular weight is 273 g/mol. The number of nitrogens with one attached hydrogen (secondary N) is 1. The van der Waals surface area contributed by atoms with Crippen molar-refractivity contribution in [2.45, 2.75) is 32.8 Å². The van der Waals surface area contributed by atoms with Crippen LogP contribution in [0.25, 0.3) is 10.9 Å². The third kappa shape index (κ3) is 2.20. The lowest BCUT2D eigenvalue weighted by Gasteiger charge is -2.22. The van der Waals surface area contributed by atoms with Crippen LogP contribution in [0, 0.1) is 6.92 Å². The number of aromatic nitrogens is 1. The molecule has 0 bridgehead atoms. The number of para-hydroxylation sites is 1. The Morgan fingerprint density at radius 2 is 2.35 bits per heavy atom. The van der Waals surface area contributed by atoms with Gasteiger partial charge in [-0.3, -0.25) is 4.79 Å². The van der Waals surface area contributed by atoms with Crippen molar-refractivity contribution in [3.8, 4) is 0 Å². The molecule has 0 saturated carbocycles. The number of fused-ring (bicyclic) bond motifs is 3. The van der Waals surface area contributed by atoms with E-state index in [1.165, 1.54) is 16.5 Å². The maximum absolute atomic E-state index is 11.7. The van der Waals surface area contributed by atoms with Crippen molar-refractivity contribution in [3.05, 3.63) is 35.0 Å². The smallest absolute Gasteiger partial charge is 0.308 e. The van der Waals surface area contributed by atoms with Crippen LogP contribution in [-0.2, 0) is 20.7 Å². The van der Waals surface area contributed by atoms with Crippen molar-refractivity contribution in [3.63, 3.8) is 0 Å². The number of esters is 1. The van der Waals surface area contributed by atoms with Crippen LogP contribution in [-0.4, -0.2) is 24.2 Å². The topological polar surface area (TPSA) is 51.3 Å². The molecule has 0 amide bonds. The zero-order valence-electron chi connectivity index (χ0n) is 11.9. The van der Waals surface area contributed by atoms with Gasteiger partial charge in [-0.25, -0.2) is 0 Å². The molecule has 4 heteroatoms. The molecule has 1 aliphatic rings. The molecular weight excluding hydrogens is 254 g/mol. The number of ether oxygens (including phenoxy) is 2. The first-order valence-corrected chi connectivity index (χ1v) is 7.08. The van der Waals surface area contributed by atoms with Gasteiger partial charge in [-0.1, -0.05) is 18.2 Å². The van der Waals surface area contributed by atoms with E-state index in [1.807, 2.05) is 6.92 Å². The number of rotatable bonds is 3. The molecule has 2 aromatic rings. The highest BCUT2D eigenvalue weighted by Crippen LogP contribution is 2.35. The number of hydrogen-bond donors (Lipinski definition) is 1. The molecule has 0 spiro atoms. The maximum atomic E-state index is 11.7. The Kier molecular flexibility index (Phi) is 3.49. The van der Waals surface area contributed by atoms with E-state index < -0.39 is 0 Å². The minimum absolute atomic E-state index is 0.208. The average Bonchev–Trinajstić information content (AvgIpc) is 2.81. The Morgan fingerprint density at radius 1 is 1.50 bits per heavy atom. The van der Waals surface area contributed by atoms with Crippen LogP contribution >= 0.6 is 0 Å². The Labute approximate surface area is 118 Å². The number of aromatic amines is 1. The van der Waals surface area contributed by atoms with Crippen LogP contribution in [0.5, 0.6) is 0 Å². The minimum Gasteiger partial charge on any atom is -0.466 e. The predicted molar refractivity (Wildman–Crippen MR) is 76.7 cm³/mol. The predicted octanol–water partition coefficient (Wildman–Crippen LogP) is 3.04. The second-order valence-electron chi connectivity index (χ2n) is 5.13. The summed E-state index contributed by atoms with van der Waals surface area (Å²) in [5, 5.41) is 1.25. The van der Waals surface area contributed by atoms with Gasteiger partial charge in [-0.15, -0.1) is 0 Å². The van der Waals surface area contributed by atoms with E-state index in [1.54, 1.807) is 0 Å². The van der Waals surface area contributed by atoms with E-state index in [2.05, 4.69) is 30.1 Å². The molecule has 0 aliphatic carbocycles. The molecule has 1 unspecified atom stereocenters. The summed E-state index contributed by atoms with van der Waals surface area (Å²) in [7, 11) is 0. The summed E-state index contributed by atoms with van der Waals surface area (Å²) in [5.74, 6) is -0.208. The highest BCUT2D eigenvalue weighted by molar-refractivity contribution is 5.87. The van der Waals surface area contributed by atoms with E-state index in [4.69, 9.17) is 9.47 Å². The van der Waals surface area contributed by atoms with Crippen molar-refractivity contribution in [1.82, 2.24) is 4.98 Å². The Hall–Kier alpha value is -1.81. The molecular formula is C16H19NO3. The molecule has 2 heterocycles. The van der Waals surface area contributed by atoms with Gasteiger partial charge in [0.1, 0.15) is 6.10 Å². The molecule has 1 aromatic heterocycles. The molecule has 1 aromatic carbocycles. The molecule has 20 heavy (non-hydrogen) atoms. The number of H-pyrrole nitrogens is 1. The van der Waals surface area contributed by atoms with Crippen molar-refractivity contribution >= 4 is 16.9 Å². The summed E-state index contributed by atoms with van der Waals surface area (Å²) in [6, 6.07) is 6.29. The SMILES string of the molecule is CCOC(=O)CC1OCCc2c1[nH]c1c(C)cccc21. The number of carbonyl (C=O) groups is 1. The molecule has 106 valence electrons. The number of hydrogen-bond acceptors (Lipinski definition) is 3. The summed E-state index contributed by atoms with van der Waals surface area (Å²) >= 11 is 0. The van der Waals surface area contributed by atoms with Crippen LogP contribution in [0.2, 0.25) is 0 Å². The fourth-order valence-corrected chi connectivity index (χ4v) is 2.90. The third-order valence-corrected chi connectivity index (χ3v) is 3.83. The van der Waals surface area contributed by atoms with Gasteiger partial charge >= 0.3 is 5.97 Å². The van der Waals surface area contributed by atoms with Gasteiger partial charge in [0, 0.05) is 16.6 Å². The first-order valence-electron chi connectivity index (χ1n) is 7.08. The lowest BCUT2D eigenvalue weighted by molar-refractivity contribution is -0.146. The van der Waals surface area contributed by atoms with Crippen LogP contribution < -0.4 is 0 Å². The lowest BCUT2D eigenvalue weighted by Crippen LogP contribution is -2.19. The van der Waals surface area contributed by atoms with Gasteiger partial charge < -0.3 is 14.5 Å². The van der Waals surface area contributed by atoms with E-state index in [-0.39, 0.29) is 18.5 Å². The highest BCUT2D eigenvalue weighted by Gasteiger charge is 2.27. The normalized spacial score (nSPS) is 18.0.